The van der Waals surface area contributed by atoms with Crippen LogP contribution in [0.15, 0.2) is 36.5 Å². The van der Waals surface area contributed by atoms with Gasteiger partial charge in [0.05, 0.1) is 6.61 Å². The number of benzene rings is 1. The van der Waals surface area contributed by atoms with Crippen molar-refractivity contribution in [2.75, 3.05) is 19.0 Å². The Morgan fingerprint density at radius 2 is 2.04 bits per heavy atom. The number of carbonyl (C=O) groups is 1. The zero-order chi connectivity index (χ0) is 18.3. The van der Waals surface area contributed by atoms with E-state index in [-0.39, 0.29) is 11.0 Å². The Hall–Kier alpha value is -2.12. The number of anilines is 1. The van der Waals surface area contributed by atoms with Crippen molar-refractivity contribution in [2.45, 2.75) is 38.6 Å². The van der Waals surface area contributed by atoms with Crippen molar-refractivity contribution in [3.8, 4) is 5.75 Å². The average Bonchev–Trinajstić information content (AvgIpc) is 2.93. The summed E-state index contributed by atoms with van der Waals surface area (Å²) in [5, 5.41) is 7.70. The van der Waals surface area contributed by atoms with Gasteiger partial charge in [0.1, 0.15) is 11.3 Å². The van der Waals surface area contributed by atoms with Crippen LogP contribution < -0.4 is 20.8 Å². The van der Waals surface area contributed by atoms with Gasteiger partial charge in [-0.1, -0.05) is 19.8 Å². The van der Waals surface area contributed by atoms with Crippen LogP contribution in [0.2, 0.25) is 0 Å². The molecule has 0 saturated heterocycles. The summed E-state index contributed by atoms with van der Waals surface area (Å²) in [5.74, 6) is 0.605. The molecule has 136 valence electrons. The summed E-state index contributed by atoms with van der Waals surface area (Å²) < 4.78 is 5.67. The molecule has 0 aromatic heterocycles. The van der Waals surface area contributed by atoms with Crippen molar-refractivity contribution in [2.24, 2.45) is 0 Å². The number of rotatable bonds is 7. The van der Waals surface area contributed by atoms with Crippen LogP contribution in [0, 0.1) is 0 Å². The normalized spacial score (nSPS) is 18.9. The Bertz CT molecular complexity index is 632. The van der Waals surface area contributed by atoms with E-state index in [1.54, 1.807) is 24.2 Å². The van der Waals surface area contributed by atoms with Crippen LogP contribution in [-0.2, 0) is 4.79 Å². The van der Waals surface area contributed by atoms with Crippen molar-refractivity contribution in [3.63, 3.8) is 0 Å². The van der Waals surface area contributed by atoms with E-state index in [9.17, 15) is 4.79 Å². The highest BCUT2D eigenvalue weighted by molar-refractivity contribution is 7.80. The minimum absolute atomic E-state index is 0.221. The Labute approximate surface area is 154 Å². The lowest BCUT2D eigenvalue weighted by Crippen LogP contribution is -2.55. The number of hydrogen-bond acceptors (Lipinski definition) is 5. The standard InChI is InChI=1S/C18H26N4O2S/c1-4-5-6-13-24-15-9-7-14(8-10-15)19-17(25)20-16(23)18(2)11-12-22(3)21-18/h7-12,21H,4-6,13H2,1-3H3,(H2,19,20,23,25). The number of ether oxygens (including phenoxy) is 1. The maximum Gasteiger partial charge on any atom is 0.251 e. The van der Waals surface area contributed by atoms with Crippen molar-refractivity contribution < 1.29 is 9.53 Å². The van der Waals surface area contributed by atoms with Gasteiger partial charge in [0.25, 0.3) is 5.91 Å². The summed E-state index contributed by atoms with van der Waals surface area (Å²) in [6, 6.07) is 7.51. The van der Waals surface area contributed by atoms with Crippen LogP contribution in [0.1, 0.15) is 33.1 Å². The molecule has 7 heteroatoms. The first-order chi connectivity index (χ1) is 11.9. The number of carbonyl (C=O) groups excluding carboxylic acids is 1. The first-order valence-electron chi connectivity index (χ1n) is 8.48. The summed E-state index contributed by atoms with van der Waals surface area (Å²) in [6.45, 7) is 4.68. The lowest BCUT2D eigenvalue weighted by atomic mass is 10.0. The Balaban J connectivity index is 1.80. The lowest BCUT2D eigenvalue weighted by molar-refractivity contribution is -0.124. The van der Waals surface area contributed by atoms with Crippen molar-refractivity contribution in [1.82, 2.24) is 15.8 Å². The zero-order valence-electron chi connectivity index (χ0n) is 15.0. The monoisotopic (exact) mass is 362 g/mol. The topological polar surface area (TPSA) is 65.6 Å². The lowest BCUT2D eigenvalue weighted by Gasteiger charge is -2.24. The molecule has 1 unspecified atom stereocenters. The molecule has 1 aromatic carbocycles. The largest absolute Gasteiger partial charge is 0.494 e. The average molecular weight is 362 g/mol. The van der Waals surface area contributed by atoms with Gasteiger partial charge < -0.3 is 20.4 Å². The molecule has 0 radical (unpaired) electrons. The van der Waals surface area contributed by atoms with Crippen LogP contribution >= 0.6 is 12.2 Å². The highest BCUT2D eigenvalue weighted by Gasteiger charge is 2.35. The van der Waals surface area contributed by atoms with Crippen LogP contribution in [0.4, 0.5) is 5.69 Å². The highest BCUT2D eigenvalue weighted by atomic mass is 32.1. The number of hydrazine groups is 1. The fourth-order valence-corrected chi connectivity index (χ4v) is 2.61. The number of thiocarbonyl (C=S) groups is 1. The van der Waals surface area contributed by atoms with E-state index in [1.807, 2.05) is 31.3 Å². The Morgan fingerprint density at radius 3 is 2.64 bits per heavy atom. The molecule has 0 saturated carbocycles. The smallest absolute Gasteiger partial charge is 0.251 e. The van der Waals surface area contributed by atoms with E-state index in [0.717, 1.165) is 24.5 Å². The zero-order valence-corrected chi connectivity index (χ0v) is 15.8. The summed E-state index contributed by atoms with van der Waals surface area (Å²) in [6.07, 6.45) is 7.00. The molecule has 25 heavy (non-hydrogen) atoms. The van der Waals surface area contributed by atoms with Crippen molar-refractivity contribution >= 4 is 28.9 Å². The van der Waals surface area contributed by atoms with Crippen LogP contribution in [0.25, 0.3) is 0 Å². The van der Waals surface area contributed by atoms with E-state index in [1.165, 1.54) is 12.8 Å². The number of unbranched alkanes of at least 4 members (excludes halogenated alkanes) is 2. The van der Waals surface area contributed by atoms with E-state index in [0.29, 0.717) is 0 Å². The summed E-state index contributed by atoms with van der Waals surface area (Å²) in [7, 11) is 1.83. The van der Waals surface area contributed by atoms with Crippen molar-refractivity contribution in [3.05, 3.63) is 36.5 Å². The molecular formula is C18H26N4O2S. The third-order valence-electron chi connectivity index (χ3n) is 3.87. The molecule has 2 rings (SSSR count). The second kappa shape index (κ2) is 8.82. The van der Waals surface area contributed by atoms with Gasteiger partial charge in [-0.3, -0.25) is 4.79 Å². The predicted octanol–water partition coefficient (Wildman–Crippen LogP) is 2.79. The second-order valence-corrected chi connectivity index (χ2v) is 6.64. The number of nitrogens with zero attached hydrogens (tertiary/aromatic N) is 1. The van der Waals surface area contributed by atoms with Gasteiger partial charge in [0.2, 0.25) is 0 Å². The summed E-state index contributed by atoms with van der Waals surface area (Å²) in [5.41, 5.74) is 3.03. The van der Waals surface area contributed by atoms with Gasteiger partial charge in [-0.25, -0.2) is 5.43 Å². The quantitative estimate of drug-likeness (QED) is 0.512. The first-order valence-corrected chi connectivity index (χ1v) is 8.89. The predicted molar refractivity (Wildman–Crippen MR) is 104 cm³/mol. The minimum Gasteiger partial charge on any atom is -0.494 e. The molecular weight excluding hydrogens is 336 g/mol. The SMILES string of the molecule is CCCCCOc1ccc(NC(=S)NC(=O)C2(C)C=CN(C)N2)cc1. The number of amides is 1. The maximum atomic E-state index is 12.3. The molecule has 1 amide bonds. The number of hydrogen-bond donors (Lipinski definition) is 3. The molecule has 0 fully saturated rings. The minimum atomic E-state index is -0.809. The molecule has 1 aliphatic heterocycles. The molecule has 1 aliphatic rings. The maximum absolute atomic E-state index is 12.3. The van der Waals surface area contributed by atoms with E-state index in [2.05, 4.69) is 23.0 Å². The first kappa shape index (κ1) is 19.2. The molecule has 0 aliphatic carbocycles. The molecule has 3 N–H and O–H groups in total. The molecule has 0 bridgehead atoms. The van der Waals surface area contributed by atoms with Gasteiger partial charge in [-0.05, 0) is 55.9 Å². The van der Waals surface area contributed by atoms with Gasteiger partial charge in [0, 0.05) is 18.9 Å². The molecule has 1 aromatic rings. The molecule has 6 nitrogen and oxygen atoms in total. The third-order valence-corrected chi connectivity index (χ3v) is 4.07. The second-order valence-electron chi connectivity index (χ2n) is 6.23. The summed E-state index contributed by atoms with van der Waals surface area (Å²) >= 11 is 5.22. The number of nitrogens with one attached hydrogen (secondary N) is 3. The molecule has 0 spiro atoms. The van der Waals surface area contributed by atoms with Gasteiger partial charge in [-0.2, -0.15) is 0 Å². The molecule has 1 atom stereocenters. The Kier molecular flexibility index (Phi) is 6.78. The van der Waals surface area contributed by atoms with Crippen molar-refractivity contribution in [1.29, 1.82) is 0 Å². The van der Waals surface area contributed by atoms with Gasteiger partial charge in [0.15, 0.2) is 5.11 Å². The fourth-order valence-electron chi connectivity index (χ4n) is 2.40. The highest BCUT2D eigenvalue weighted by Crippen LogP contribution is 2.17. The van der Waals surface area contributed by atoms with E-state index in [4.69, 9.17) is 17.0 Å². The van der Waals surface area contributed by atoms with Crippen LogP contribution in [0.5, 0.6) is 5.75 Å². The summed E-state index contributed by atoms with van der Waals surface area (Å²) in [4.78, 5) is 12.3. The van der Waals surface area contributed by atoms with Gasteiger partial charge >= 0.3 is 0 Å². The fraction of sp³-hybridized carbons (Fsp3) is 0.444. The Morgan fingerprint density at radius 1 is 1.32 bits per heavy atom. The van der Waals surface area contributed by atoms with E-state index < -0.39 is 5.54 Å². The van der Waals surface area contributed by atoms with Gasteiger partial charge in [-0.15, -0.1) is 0 Å². The third kappa shape index (κ3) is 5.72. The van der Waals surface area contributed by atoms with Crippen LogP contribution in [0.3, 0.4) is 0 Å². The molecule has 1 heterocycles. The van der Waals surface area contributed by atoms with E-state index >= 15 is 0 Å². The van der Waals surface area contributed by atoms with Crippen LogP contribution in [-0.4, -0.2) is 35.2 Å².